The number of carbonyl (C=O) groups excluding carboxylic acids is 2. The number of halogens is 1. The van der Waals surface area contributed by atoms with Gasteiger partial charge in [0.05, 0.1) is 13.5 Å². The highest BCUT2D eigenvalue weighted by Gasteiger charge is 2.22. The fourth-order valence-electron chi connectivity index (χ4n) is 2.30. The van der Waals surface area contributed by atoms with Crippen molar-refractivity contribution in [3.63, 3.8) is 0 Å². The van der Waals surface area contributed by atoms with Crippen molar-refractivity contribution in [2.45, 2.75) is 6.42 Å². The number of hydrogen-bond donors (Lipinski definition) is 0. The van der Waals surface area contributed by atoms with Gasteiger partial charge in [0.2, 0.25) is 0 Å². The first-order chi connectivity index (χ1) is 10.1. The molecular formula is C15H19BrN2O3. The lowest BCUT2D eigenvalue weighted by Crippen LogP contribution is -2.49. The molecule has 21 heavy (non-hydrogen) atoms. The third kappa shape index (κ3) is 4.54. The van der Waals surface area contributed by atoms with Crippen LogP contribution in [-0.2, 0) is 9.53 Å². The van der Waals surface area contributed by atoms with Gasteiger partial charge in [-0.05, 0) is 24.3 Å². The Hall–Kier alpha value is -1.40. The van der Waals surface area contributed by atoms with Crippen molar-refractivity contribution < 1.29 is 14.3 Å². The molecule has 1 amide bonds. The number of nitrogens with zero attached hydrogens (tertiary/aromatic N) is 2. The quantitative estimate of drug-likeness (QED) is 0.773. The van der Waals surface area contributed by atoms with Gasteiger partial charge in [0, 0.05) is 42.8 Å². The van der Waals surface area contributed by atoms with Gasteiger partial charge in [-0.3, -0.25) is 14.5 Å². The fraction of sp³-hybridized carbons (Fsp3) is 0.467. The second-order valence-electron chi connectivity index (χ2n) is 4.97. The summed E-state index contributed by atoms with van der Waals surface area (Å²) in [5, 5.41) is 0. The highest BCUT2D eigenvalue weighted by Crippen LogP contribution is 2.13. The van der Waals surface area contributed by atoms with Crippen molar-refractivity contribution in [1.29, 1.82) is 0 Å². The van der Waals surface area contributed by atoms with Crippen LogP contribution in [0.3, 0.4) is 0 Å². The number of benzene rings is 1. The monoisotopic (exact) mass is 354 g/mol. The van der Waals surface area contributed by atoms with E-state index in [-0.39, 0.29) is 11.9 Å². The molecule has 0 bridgehead atoms. The summed E-state index contributed by atoms with van der Waals surface area (Å²) in [6.07, 6.45) is 0.400. The molecule has 0 aromatic heterocycles. The molecule has 0 saturated carbocycles. The third-order valence-electron chi connectivity index (χ3n) is 3.61. The molecule has 1 aliphatic heterocycles. The number of ether oxygens (including phenoxy) is 1. The molecule has 0 spiro atoms. The first-order valence-electron chi connectivity index (χ1n) is 6.94. The molecule has 2 rings (SSSR count). The lowest BCUT2D eigenvalue weighted by Gasteiger charge is -2.34. The summed E-state index contributed by atoms with van der Waals surface area (Å²) in [4.78, 5) is 27.5. The van der Waals surface area contributed by atoms with Crippen LogP contribution in [0.2, 0.25) is 0 Å². The average molecular weight is 355 g/mol. The Bertz CT molecular complexity index is 496. The predicted molar refractivity (Wildman–Crippen MR) is 83.1 cm³/mol. The van der Waals surface area contributed by atoms with Gasteiger partial charge in [0.15, 0.2) is 0 Å². The normalized spacial score (nSPS) is 15.8. The van der Waals surface area contributed by atoms with E-state index >= 15 is 0 Å². The molecule has 114 valence electrons. The van der Waals surface area contributed by atoms with Gasteiger partial charge < -0.3 is 9.64 Å². The van der Waals surface area contributed by atoms with E-state index in [9.17, 15) is 9.59 Å². The summed E-state index contributed by atoms with van der Waals surface area (Å²) in [7, 11) is 1.40. The van der Waals surface area contributed by atoms with Gasteiger partial charge in [-0.2, -0.15) is 0 Å². The molecule has 1 saturated heterocycles. The maximum Gasteiger partial charge on any atom is 0.306 e. The lowest BCUT2D eigenvalue weighted by molar-refractivity contribution is -0.141. The SMILES string of the molecule is COC(=O)CCN1CCN(C(=O)c2ccc(Br)cc2)CC1. The van der Waals surface area contributed by atoms with Gasteiger partial charge in [-0.25, -0.2) is 0 Å². The van der Waals surface area contributed by atoms with Gasteiger partial charge in [-0.15, -0.1) is 0 Å². The Morgan fingerprint density at radius 2 is 1.76 bits per heavy atom. The minimum atomic E-state index is -0.191. The van der Waals surface area contributed by atoms with E-state index < -0.39 is 0 Å². The fourth-order valence-corrected chi connectivity index (χ4v) is 2.57. The molecule has 0 unspecified atom stereocenters. The molecule has 1 heterocycles. The average Bonchev–Trinajstić information content (AvgIpc) is 2.53. The second-order valence-corrected chi connectivity index (χ2v) is 5.88. The standard InChI is InChI=1S/C15H19BrN2O3/c1-21-14(19)6-7-17-8-10-18(11-9-17)15(20)12-2-4-13(16)5-3-12/h2-5H,6-11H2,1H3. The molecule has 0 radical (unpaired) electrons. The molecule has 0 N–H and O–H groups in total. The zero-order valence-electron chi connectivity index (χ0n) is 12.0. The summed E-state index contributed by atoms with van der Waals surface area (Å²) in [6, 6.07) is 7.41. The van der Waals surface area contributed by atoms with Crippen LogP contribution in [0.15, 0.2) is 28.7 Å². The van der Waals surface area contributed by atoms with Crippen molar-refractivity contribution >= 4 is 27.8 Å². The number of methoxy groups -OCH3 is 1. The van der Waals surface area contributed by atoms with Crippen molar-refractivity contribution in [3.8, 4) is 0 Å². The minimum Gasteiger partial charge on any atom is -0.469 e. The zero-order chi connectivity index (χ0) is 15.2. The molecule has 0 atom stereocenters. The van der Waals surface area contributed by atoms with Crippen LogP contribution < -0.4 is 0 Å². The Balaban J connectivity index is 1.82. The Kier molecular flexibility index (Phi) is 5.76. The van der Waals surface area contributed by atoms with E-state index in [0.29, 0.717) is 31.6 Å². The van der Waals surface area contributed by atoms with E-state index in [1.54, 1.807) is 0 Å². The highest BCUT2D eigenvalue weighted by atomic mass is 79.9. The molecule has 0 aliphatic carbocycles. The third-order valence-corrected chi connectivity index (χ3v) is 4.14. The highest BCUT2D eigenvalue weighted by molar-refractivity contribution is 9.10. The van der Waals surface area contributed by atoms with Crippen LogP contribution in [0.25, 0.3) is 0 Å². The van der Waals surface area contributed by atoms with E-state index in [2.05, 4.69) is 25.6 Å². The van der Waals surface area contributed by atoms with Crippen molar-refractivity contribution in [2.75, 3.05) is 39.8 Å². The van der Waals surface area contributed by atoms with E-state index in [4.69, 9.17) is 0 Å². The molecule has 1 fully saturated rings. The molecule has 1 aliphatic rings. The van der Waals surface area contributed by atoms with E-state index in [0.717, 1.165) is 17.6 Å². The maximum atomic E-state index is 12.3. The van der Waals surface area contributed by atoms with Crippen LogP contribution in [-0.4, -0.2) is 61.5 Å². The lowest BCUT2D eigenvalue weighted by atomic mass is 10.2. The van der Waals surface area contributed by atoms with Gasteiger partial charge >= 0.3 is 5.97 Å². The van der Waals surface area contributed by atoms with Gasteiger partial charge in [0.25, 0.3) is 5.91 Å². The zero-order valence-corrected chi connectivity index (χ0v) is 13.6. The van der Waals surface area contributed by atoms with Crippen LogP contribution in [0.4, 0.5) is 0 Å². The summed E-state index contributed by atoms with van der Waals surface area (Å²) in [6.45, 7) is 3.65. The second kappa shape index (κ2) is 7.56. The van der Waals surface area contributed by atoms with E-state index in [1.807, 2.05) is 29.2 Å². The van der Waals surface area contributed by atoms with Crippen molar-refractivity contribution in [3.05, 3.63) is 34.3 Å². The summed E-state index contributed by atoms with van der Waals surface area (Å²) >= 11 is 3.36. The number of amides is 1. The predicted octanol–water partition coefficient (Wildman–Crippen LogP) is 1.77. The van der Waals surface area contributed by atoms with Crippen LogP contribution in [0, 0.1) is 0 Å². The largest absolute Gasteiger partial charge is 0.469 e. The maximum absolute atomic E-state index is 12.3. The van der Waals surface area contributed by atoms with Crippen LogP contribution in [0.5, 0.6) is 0 Å². The van der Waals surface area contributed by atoms with Crippen LogP contribution >= 0.6 is 15.9 Å². The van der Waals surface area contributed by atoms with E-state index in [1.165, 1.54) is 7.11 Å². The smallest absolute Gasteiger partial charge is 0.306 e. The molecule has 1 aromatic rings. The number of carbonyl (C=O) groups is 2. The molecule has 5 nitrogen and oxygen atoms in total. The molecule has 6 heteroatoms. The number of piperazine rings is 1. The summed E-state index contributed by atoms with van der Waals surface area (Å²) in [5.74, 6) is -0.126. The summed E-state index contributed by atoms with van der Waals surface area (Å²) in [5.41, 5.74) is 0.709. The van der Waals surface area contributed by atoms with Crippen molar-refractivity contribution in [2.24, 2.45) is 0 Å². The Morgan fingerprint density at radius 1 is 1.14 bits per heavy atom. The topological polar surface area (TPSA) is 49.9 Å². The Morgan fingerprint density at radius 3 is 2.33 bits per heavy atom. The summed E-state index contributed by atoms with van der Waals surface area (Å²) < 4.78 is 5.60. The first-order valence-corrected chi connectivity index (χ1v) is 7.73. The number of esters is 1. The van der Waals surface area contributed by atoms with Gasteiger partial charge in [-0.1, -0.05) is 15.9 Å². The van der Waals surface area contributed by atoms with Gasteiger partial charge in [0.1, 0.15) is 0 Å². The molecule has 1 aromatic carbocycles. The number of hydrogen-bond acceptors (Lipinski definition) is 4. The van der Waals surface area contributed by atoms with Crippen LogP contribution in [0.1, 0.15) is 16.8 Å². The minimum absolute atomic E-state index is 0.0649. The number of rotatable bonds is 4. The molecular weight excluding hydrogens is 336 g/mol. The van der Waals surface area contributed by atoms with Crippen molar-refractivity contribution in [1.82, 2.24) is 9.80 Å². The first kappa shape index (κ1) is 16.0. The Labute approximate surface area is 133 Å².